The molecule has 1 heterocycles. The predicted octanol–water partition coefficient (Wildman–Crippen LogP) is 7.54. The maximum absolute atomic E-state index is 6.94. The van der Waals surface area contributed by atoms with Crippen molar-refractivity contribution in [3.05, 3.63) is 81.4 Å². The molecule has 0 atom stereocenters. The van der Waals surface area contributed by atoms with Crippen molar-refractivity contribution in [1.82, 2.24) is 4.90 Å². The number of anilines is 4. The van der Waals surface area contributed by atoms with Crippen LogP contribution < -0.4 is 16.0 Å². The summed E-state index contributed by atoms with van der Waals surface area (Å²) in [5, 5.41) is 11.8. The van der Waals surface area contributed by atoms with E-state index in [4.69, 9.17) is 23.2 Å². The van der Waals surface area contributed by atoms with Crippen LogP contribution in [0, 0.1) is 5.38 Å². The summed E-state index contributed by atoms with van der Waals surface area (Å²) in [7, 11) is 0. The largest absolute Gasteiger partial charge is 0.411 e. The van der Waals surface area contributed by atoms with Gasteiger partial charge in [0.25, 0.3) is 0 Å². The average molecular weight is 482 g/mol. The van der Waals surface area contributed by atoms with Crippen LogP contribution in [0.4, 0.5) is 22.7 Å². The van der Waals surface area contributed by atoms with Crippen LogP contribution >= 0.6 is 23.2 Å². The standard InChI is InChI=1S/C27H31Cl2N4/c1-5-30-17-9-11-20-24(13-17)32-25-14-18(31-6-2)10-12-21(25)26(20)27-22(28)15-19(16-23(27)29)33(7-3)8-4/h9-16,30-32H,5-8H2,1-4H3/q-1. The molecule has 33 heavy (non-hydrogen) atoms. The minimum Gasteiger partial charge on any atom is -0.411 e. The van der Waals surface area contributed by atoms with Crippen molar-refractivity contribution < 1.29 is 0 Å². The molecule has 0 saturated heterocycles. The van der Waals surface area contributed by atoms with Crippen LogP contribution in [0.15, 0.2) is 64.9 Å². The maximum Gasteiger partial charge on any atom is 0.0390 e. The van der Waals surface area contributed by atoms with Crippen molar-refractivity contribution in [3.8, 4) is 0 Å². The molecule has 0 radical (unpaired) electrons. The Morgan fingerprint density at radius 2 is 1.42 bits per heavy atom. The fraction of sp³-hybridized carbons (Fsp3) is 0.296. The average Bonchev–Trinajstić information content (AvgIpc) is 2.79. The van der Waals surface area contributed by atoms with Crippen LogP contribution in [-0.2, 0) is 0 Å². The number of nitrogens with zero attached hydrogens (tertiary/aromatic N) is 1. The van der Waals surface area contributed by atoms with E-state index in [2.05, 4.69) is 84.9 Å². The second kappa shape index (κ2) is 10.1. The Labute approximate surface area is 207 Å². The predicted molar refractivity (Wildman–Crippen MR) is 145 cm³/mol. The highest BCUT2D eigenvalue weighted by atomic mass is 35.5. The molecule has 1 aliphatic heterocycles. The van der Waals surface area contributed by atoms with E-state index in [-0.39, 0.29) is 0 Å². The molecular formula is C27H31Cl2N4-. The highest BCUT2D eigenvalue weighted by Crippen LogP contribution is 2.49. The number of halogens is 2. The first-order chi connectivity index (χ1) is 16.0. The quantitative estimate of drug-likeness (QED) is 0.304. The lowest BCUT2D eigenvalue weighted by Gasteiger charge is -2.37. The van der Waals surface area contributed by atoms with E-state index in [0.29, 0.717) is 10.4 Å². The minimum absolute atomic E-state index is 0.657. The molecule has 0 unspecified atom stereocenters. The SMILES string of the molecule is CCNc1ccc2c(c1)Nc1cc(NCC)ccc1C2=C1C(Cl)=CC(N(CC)CC)=C[C-]1Cl. The molecule has 4 nitrogen and oxygen atoms in total. The molecule has 0 spiro atoms. The number of benzene rings is 2. The highest BCUT2D eigenvalue weighted by Gasteiger charge is 2.24. The Balaban J connectivity index is 1.91. The van der Waals surface area contributed by atoms with Gasteiger partial charge in [0.15, 0.2) is 0 Å². The van der Waals surface area contributed by atoms with Crippen LogP contribution in [0.25, 0.3) is 5.57 Å². The van der Waals surface area contributed by atoms with Crippen molar-refractivity contribution in [2.24, 2.45) is 0 Å². The smallest absolute Gasteiger partial charge is 0.0390 e. The zero-order valence-corrected chi connectivity index (χ0v) is 21.2. The van der Waals surface area contributed by atoms with Crippen LogP contribution in [0.5, 0.6) is 0 Å². The zero-order valence-electron chi connectivity index (χ0n) is 19.7. The summed E-state index contributed by atoms with van der Waals surface area (Å²) in [6.45, 7) is 12.0. The van der Waals surface area contributed by atoms with Crippen LogP contribution in [0.3, 0.4) is 0 Å². The van der Waals surface area contributed by atoms with Crippen molar-refractivity contribution in [2.75, 3.05) is 42.1 Å². The summed E-state index contributed by atoms with van der Waals surface area (Å²) in [5.41, 5.74) is 9.33. The molecule has 174 valence electrons. The summed E-state index contributed by atoms with van der Waals surface area (Å²) in [6.07, 6.45) is 4.06. The topological polar surface area (TPSA) is 39.3 Å². The molecule has 0 amide bonds. The van der Waals surface area contributed by atoms with Gasteiger partial charge < -0.3 is 20.9 Å². The van der Waals surface area contributed by atoms with E-state index in [0.717, 1.165) is 76.9 Å². The summed E-state index contributed by atoms with van der Waals surface area (Å²) < 4.78 is 0. The van der Waals surface area contributed by atoms with E-state index >= 15 is 0 Å². The van der Waals surface area contributed by atoms with Gasteiger partial charge >= 0.3 is 0 Å². The Hall–Kier alpha value is -2.69. The molecule has 0 bridgehead atoms. The summed E-state index contributed by atoms with van der Waals surface area (Å²) in [4.78, 5) is 2.25. The highest BCUT2D eigenvalue weighted by molar-refractivity contribution is 6.39. The molecule has 4 rings (SSSR count). The Bertz CT molecular complexity index is 1070. The van der Waals surface area contributed by atoms with Gasteiger partial charge in [-0.1, -0.05) is 17.7 Å². The lowest BCUT2D eigenvalue weighted by molar-refractivity contribution is 0.393. The number of likely N-dealkylation sites (N-methyl/N-ethyl adjacent to an activating group) is 1. The third kappa shape index (κ3) is 4.55. The number of allylic oxidation sites excluding steroid dienone is 4. The fourth-order valence-corrected chi connectivity index (χ4v) is 5.15. The third-order valence-corrected chi connectivity index (χ3v) is 6.61. The molecule has 2 aromatic rings. The Kier molecular flexibility index (Phi) is 7.16. The van der Waals surface area contributed by atoms with E-state index in [1.807, 2.05) is 12.2 Å². The van der Waals surface area contributed by atoms with Gasteiger partial charge in [0.2, 0.25) is 0 Å². The number of fused-ring (bicyclic) bond motifs is 2. The van der Waals surface area contributed by atoms with E-state index in [1.54, 1.807) is 0 Å². The minimum atomic E-state index is 0.657. The molecule has 2 aromatic carbocycles. The molecule has 1 aliphatic carbocycles. The van der Waals surface area contributed by atoms with Crippen molar-refractivity contribution >= 4 is 51.5 Å². The van der Waals surface area contributed by atoms with Crippen LogP contribution in [0.1, 0.15) is 38.8 Å². The number of rotatable bonds is 7. The molecule has 3 N–H and O–H groups in total. The summed E-state index contributed by atoms with van der Waals surface area (Å²) in [5.74, 6) is 0. The van der Waals surface area contributed by atoms with E-state index < -0.39 is 0 Å². The first kappa shape index (κ1) is 23.5. The summed E-state index contributed by atoms with van der Waals surface area (Å²) in [6, 6.07) is 12.8. The fourth-order valence-electron chi connectivity index (χ4n) is 4.49. The molecule has 0 saturated carbocycles. The number of hydrogen-bond donors (Lipinski definition) is 3. The van der Waals surface area contributed by atoms with Crippen molar-refractivity contribution in [2.45, 2.75) is 27.7 Å². The van der Waals surface area contributed by atoms with Crippen molar-refractivity contribution in [3.63, 3.8) is 0 Å². The first-order valence-corrected chi connectivity index (χ1v) is 12.4. The summed E-state index contributed by atoms with van der Waals surface area (Å²) >= 11 is 13.9. The normalized spacial score (nSPS) is 14.7. The number of nitrogens with one attached hydrogen (secondary N) is 3. The van der Waals surface area contributed by atoms with Gasteiger partial charge in [-0.05, 0) is 79.2 Å². The van der Waals surface area contributed by atoms with Crippen LogP contribution in [-0.4, -0.2) is 31.1 Å². The first-order valence-electron chi connectivity index (χ1n) is 11.7. The second-order valence-electron chi connectivity index (χ2n) is 8.04. The van der Waals surface area contributed by atoms with Gasteiger partial charge in [0.1, 0.15) is 0 Å². The second-order valence-corrected chi connectivity index (χ2v) is 8.85. The zero-order chi connectivity index (χ0) is 23.5. The van der Waals surface area contributed by atoms with E-state index in [9.17, 15) is 0 Å². The van der Waals surface area contributed by atoms with Gasteiger partial charge in [-0.2, -0.15) is 0 Å². The van der Waals surface area contributed by atoms with Gasteiger partial charge in [0, 0.05) is 48.9 Å². The molecule has 0 aromatic heterocycles. The third-order valence-electron chi connectivity index (χ3n) is 6.01. The van der Waals surface area contributed by atoms with Crippen LogP contribution in [0.2, 0.25) is 0 Å². The maximum atomic E-state index is 6.94. The lowest BCUT2D eigenvalue weighted by atomic mass is 9.85. The van der Waals surface area contributed by atoms with Gasteiger partial charge in [-0.15, -0.1) is 40.9 Å². The van der Waals surface area contributed by atoms with E-state index in [1.165, 1.54) is 0 Å². The van der Waals surface area contributed by atoms with Gasteiger partial charge in [0.05, 0.1) is 0 Å². The molecule has 0 fully saturated rings. The van der Waals surface area contributed by atoms with Gasteiger partial charge in [-0.3, -0.25) is 0 Å². The Morgan fingerprint density at radius 1 is 0.879 bits per heavy atom. The monoisotopic (exact) mass is 481 g/mol. The Morgan fingerprint density at radius 3 is 1.88 bits per heavy atom. The van der Waals surface area contributed by atoms with Gasteiger partial charge in [-0.25, -0.2) is 0 Å². The van der Waals surface area contributed by atoms with Crippen molar-refractivity contribution in [1.29, 1.82) is 0 Å². The molecular weight excluding hydrogens is 451 g/mol. The molecule has 6 heteroatoms. The molecule has 2 aliphatic rings. The number of hydrogen-bond acceptors (Lipinski definition) is 4. The lowest BCUT2D eigenvalue weighted by Crippen LogP contribution is -2.23.